The van der Waals surface area contributed by atoms with Gasteiger partial charge in [0.2, 0.25) is 5.91 Å². The Morgan fingerprint density at radius 2 is 2.00 bits per heavy atom. The van der Waals surface area contributed by atoms with Crippen molar-refractivity contribution < 1.29 is 14.3 Å². The van der Waals surface area contributed by atoms with E-state index in [1.54, 1.807) is 43.9 Å². The molecule has 0 saturated heterocycles. The number of thiophene rings is 1. The van der Waals surface area contributed by atoms with Gasteiger partial charge in [-0.3, -0.25) is 9.78 Å². The average molecular weight is 380 g/mol. The van der Waals surface area contributed by atoms with E-state index in [0.717, 1.165) is 21.7 Å². The summed E-state index contributed by atoms with van der Waals surface area (Å²) in [4.78, 5) is 17.6. The maximum Gasteiger partial charge on any atom is 0.244 e. The number of pyridine rings is 1. The smallest absolute Gasteiger partial charge is 0.244 e. The van der Waals surface area contributed by atoms with Crippen molar-refractivity contribution in [1.29, 1.82) is 0 Å². The number of methoxy groups -OCH3 is 2. The summed E-state index contributed by atoms with van der Waals surface area (Å²) >= 11 is 1.64. The van der Waals surface area contributed by atoms with Crippen LogP contribution in [-0.2, 0) is 11.3 Å². The van der Waals surface area contributed by atoms with Crippen LogP contribution in [0.25, 0.3) is 16.6 Å². The van der Waals surface area contributed by atoms with Crippen LogP contribution < -0.4 is 14.8 Å². The van der Waals surface area contributed by atoms with E-state index >= 15 is 0 Å². The van der Waals surface area contributed by atoms with Crippen molar-refractivity contribution in [3.8, 4) is 22.1 Å². The normalized spacial score (nSPS) is 10.7. The fourth-order valence-electron chi connectivity index (χ4n) is 2.52. The van der Waals surface area contributed by atoms with Gasteiger partial charge in [-0.2, -0.15) is 0 Å². The van der Waals surface area contributed by atoms with Crippen molar-refractivity contribution in [2.24, 2.45) is 0 Å². The number of ether oxygens (including phenoxy) is 2. The van der Waals surface area contributed by atoms with E-state index in [2.05, 4.69) is 10.3 Å². The molecule has 5 nitrogen and oxygen atoms in total. The molecule has 0 saturated carbocycles. The Bertz CT molecular complexity index is 936. The third-order valence-electron chi connectivity index (χ3n) is 3.90. The van der Waals surface area contributed by atoms with E-state index in [1.807, 2.05) is 41.8 Å². The van der Waals surface area contributed by atoms with E-state index in [4.69, 9.17) is 9.47 Å². The molecule has 1 aromatic carbocycles. The second kappa shape index (κ2) is 9.00. The molecule has 0 fully saturated rings. The molecule has 3 aromatic rings. The van der Waals surface area contributed by atoms with Gasteiger partial charge < -0.3 is 14.8 Å². The van der Waals surface area contributed by atoms with Crippen molar-refractivity contribution in [2.75, 3.05) is 14.2 Å². The third-order valence-corrected chi connectivity index (χ3v) is 4.79. The first-order valence-electron chi connectivity index (χ1n) is 8.36. The van der Waals surface area contributed by atoms with Crippen molar-refractivity contribution in [1.82, 2.24) is 10.3 Å². The molecule has 0 aliphatic carbocycles. The van der Waals surface area contributed by atoms with E-state index < -0.39 is 0 Å². The van der Waals surface area contributed by atoms with Gasteiger partial charge in [-0.25, -0.2) is 0 Å². The van der Waals surface area contributed by atoms with Gasteiger partial charge in [-0.05, 0) is 52.9 Å². The molecule has 2 heterocycles. The number of nitrogens with one attached hydrogen (secondary N) is 1. The summed E-state index contributed by atoms with van der Waals surface area (Å²) in [6, 6.07) is 13.4. The first-order chi connectivity index (χ1) is 13.2. The van der Waals surface area contributed by atoms with E-state index in [1.165, 1.54) is 6.08 Å². The summed E-state index contributed by atoms with van der Waals surface area (Å²) in [5.41, 5.74) is 2.77. The lowest BCUT2D eigenvalue weighted by molar-refractivity contribution is -0.116. The number of carbonyl (C=O) groups excluding carboxylic acids is 1. The molecule has 138 valence electrons. The number of rotatable bonds is 7. The van der Waals surface area contributed by atoms with Gasteiger partial charge >= 0.3 is 0 Å². The Labute approximate surface area is 162 Å². The molecule has 0 radical (unpaired) electrons. The monoisotopic (exact) mass is 380 g/mol. The zero-order valence-electron chi connectivity index (χ0n) is 15.1. The number of carbonyl (C=O) groups is 1. The molecule has 0 aliphatic heterocycles. The summed E-state index contributed by atoms with van der Waals surface area (Å²) in [6.07, 6.45) is 5.00. The van der Waals surface area contributed by atoms with Crippen molar-refractivity contribution in [2.45, 2.75) is 6.54 Å². The molecule has 0 unspecified atom stereocenters. The first kappa shape index (κ1) is 18.7. The molecule has 6 heteroatoms. The molecule has 27 heavy (non-hydrogen) atoms. The highest BCUT2D eigenvalue weighted by molar-refractivity contribution is 7.13. The van der Waals surface area contributed by atoms with E-state index in [9.17, 15) is 4.79 Å². The Hall–Kier alpha value is -3.12. The van der Waals surface area contributed by atoms with Crippen molar-refractivity contribution in [3.63, 3.8) is 0 Å². The number of amides is 1. The number of hydrogen-bond acceptors (Lipinski definition) is 5. The quantitative estimate of drug-likeness (QED) is 0.626. The standard InChI is InChI=1S/C21H20N2O3S/c1-25-18-7-5-15(13-19(18)26-2)6-8-21(24)23-14-16-9-10-22-17(12-16)20-4-3-11-27-20/h3-13H,14H2,1-2H3,(H,23,24). The topological polar surface area (TPSA) is 60.5 Å². The van der Waals surface area contributed by atoms with Crippen LogP contribution >= 0.6 is 11.3 Å². The highest BCUT2D eigenvalue weighted by Gasteiger charge is 2.04. The summed E-state index contributed by atoms with van der Waals surface area (Å²) in [5, 5.41) is 4.91. The maximum atomic E-state index is 12.1. The lowest BCUT2D eigenvalue weighted by atomic mass is 10.2. The zero-order chi connectivity index (χ0) is 19.1. The molecule has 1 amide bonds. The minimum atomic E-state index is -0.167. The molecule has 1 N–H and O–H groups in total. The van der Waals surface area contributed by atoms with E-state index in [-0.39, 0.29) is 5.91 Å². The van der Waals surface area contributed by atoms with Crippen LogP contribution in [0.4, 0.5) is 0 Å². The minimum absolute atomic E-state index is 0.167. The van der Waals surface area contributed by atoms with Gasteiger partial charge in [0, 0.05) is 18.8 Å². The molecule has 0 aliphatic rings. The van der Waals surface area contributed by atoms with Gasteiger partial charge in [0.1, 0.15) is 0 Å². The van der Waals surface area contributed by atoms with E-state index in [0.29, 0.717) is 18.0 Å². The first-order valence-corrected chi connectivity index (χ1v) is 9.24. The maximum absolute atomic E-state index is 12.1. The lowest BCUT2D eigenvalue weighted by Crippen LogP contribution is -2.20. The van der Waals surface area contributed by atoms with Crippen LogP contribution in [0.5, 0.6) is 11.5 Å². The molecule has 0 atom stereocenters. The fraction of sp³-hybridized carbons (Fsp3) is 0.143. The Morgan fingerprint density at radius 3 is 2.74 bits per heavy atom. The second-order valence-electron chi connectivity index (χ2n) is 5.69. The van der Waals surface area contributed by atoms with Crippen LogP contribution in [0.3, 0.4) is 0 Å². The minimum Gasteiger partial charge on any atom is -0.493 e. The molecule has 0 bridgehead atoms. The predicted octanol–water partition coefficient (Wildman–Crippen LogP) is 4.16. The Kier molecular flexibility index (Phi) is 6.22. The molecular weight excluding hydrogens is 360 g/mol. The number of aromatic nitrogens is 1. The van der Waals surface area contributed by atoms with Gasteiger partial charge in [-0.1, -0.05) is 12.1 Å². The summed E-state index contributed by atoms with van der Waals surface area (Å²) in [7, 11) is 3.17. The number of nitrogens with zero attached hydrogens (tertiary/aromatic N) is 1. The van der Waals surface area contributed by atoms with Crippen molar-refractivity contribution >= 4 is 23.3 Å². The lowest BCUT2D eigenvalue weighted by Gasteiger charge is -2.07. The number of benzene rings is 1. The number of hydrogen-bond donors (Lipinski definition) is 1. The largest absolute Gasteiger partial charge is 0.493 e. The highest BCUT2D eigenvalue weighted by Crippen LogP contribution is 2.28. The zero-order valence-corrected chi connectivity index (χ0v) is 16.0. The van der Waals surface area contributed by atoms with Crippen LogP contribution in [-0.4, -0.2) is 25.1 Å². The molecule has 0 spiro atoms. The van der Waals surface area contributed by atoms with Crippen LogP contribution in [0.15, 0.2) is 60.1 Å². The van der Waals surface area contributed by atoms with Gasteiger partial charge in [0.15, 0.2) is 11.5 Å². The van der Waals surface area contributed by atoms with Crippen LogP contribution in [0.1, 0.15) is 11.1 Å². The Balaban J connectivity index is 1.60. The second-order valence-corrected chi connectivity index (χ2v) is 6.64. The highest BCUT2D eigenvalue weighted by atomic mass is 32.1. The Morgan fingerprint density at radius 1 is 1.15 bits per heavy atom. The summed E-state index contributed by atoms with van der Waals surface area (Å²) in [5.74, 6) is 1.11. The molecule has 3 rings (SSSR count). The van der Waals surface area contributed by atoms with Crippen molar-refractivity contribution in [3.05, 3.63) is 71.2 Å². The molecule has 2 aromatic heterocycles. The molecular formula is C21H20N2O3S. The summed E-state index contributed by atoms with van der Waals surface area (Å²) in [6.45, 7) is 0.440. The van der Waals surface area contributed by atoms with Gasteiger partial charge in [0.05, 0.1) is 24.8 Å². The third kappa shape index (κ3) is 4.95. The van der Waals surface area contributed by atoms with Gasteiger partial charge in [-0.15, -0.1) is 11.3 Å². The predicted molar refractivity (Wildman–Crippen MR) is 108 cm³/mol. The van der Waals surface area contributed by atoms with Crippen LogP contribution in [0, 0.1) is 0 Å². The average Bonchev–Trinajstić information content (AvgIpc) is 3.25. The SMILES string of the molecule is COc1ccc(C=CC(=O)NCc2ccnc(-c3cccs3)c2)cc1OC. The summed E-state index contributed by atoms with van der Waals surface area (Å²) < 4.78 is 10.5. The van der Waals surface area contributed by atoms with Gasteiger partial charge in [0.25, 0.3) is 0 Å². The van der Waals surface area contributed by atoms with Crippen LogP contribution in [0.2, 0.25) is 0 Å². The fourth-order valence-corrected chi connectivity index (χ4v) is 3.21.